The Kier molecular flexibility index (Phi) is 2.19. The first-order valence-corrected chi connectivity index (χ1v) is 5.33. The molecule has 0 aromatic heterocycles. The van der Waals surface area contributed by atoms with Gasteiger partial charge in [0.15, 0.2) is 11.5 Å². The third-order valence-electron chi connectivity index (χ3n) is 2.77. The van der Waals surface area contributed by atoms with E-state index < -0.39 is 5.66 Å². The van der Waals surface area contributed by atoms with Crippen molar-refractivity contribution in [1.82, 2.24) is 0 Å². The second-order valence-electron chi connectivity index (χ2n) is 4.01. The molecule has 2 aliphatic rings. The largest absolute Gasteiger partial charge is 0.302 e. The van der Waals surface area contributed by atoms with Crippen LogP contribution in [-0.4, -0.2) is 29.9 Å². The zero-order valence-corrected chi connectivity index (χ0v) is 9.11. The van der Waals surface area contributed by atoms with Crippen LogP contribution in [-0.2, 0) is 6.42 Å². The van der Waals surface area contributed by atoms with Gasteiger partial charge in [-0.1, -0.05) is 30.3 Å². The summed E-state index contributed by atoms with van der Waals surface area (Å²) in [4.78, 5) is 16.5. The monoisotopic (exact) mass is 225 g/mol. The van der Waals surface area contributed by atoms with Crippen molar-refractivity contribution in [2.75, 3.05) is 0 Å². The van der Waals surface area contributed by atoms with Gasteiger partial charge in [0.1, 0.15) is 18.4 Å². The topological polar surface area (TPSA) is 75.5 Å². The first-order chi connectivity index (χ1) is 8.28. The Morgan fingerprint density at radius 1 is 1.06 bits per heavy atom. The fourth-order valence-electron chi connectivity index (χ4n) is 1.94. The van der Waals surface area contributed by atoms with Gasteiger partial charge in [-0.2, -0.15) is 0 Å². The van der Waals surface area contributed by atoms with Crippen molar-refractivity contribution in [3.8, 4) is 0 Å². The minimum Gasteiger partial charge on any atom is -0.302 e. The van der Waals surface area contributed by atoms with Gasteiger partial charge < -0.3 is 5.73 Å². The number of nitrogens with zero attached hydrogens (tertiary/aromatic N) is 4. The maximum absolute atomic E-state index is 6.29. The summed E-state index contributed by atoms with van der Waals surface area (Å²) in [7, 11) is 0. The fourth-order valence-corrected chi connectivity index (χ4v) is 1.94. The Morgan fingerprint density at radius 2 is 1.88 bits per heavy atom. The zero-order chi connectivity index (χ0) is 11.7. The molecule has 2 heterocycles. The van der Waals surface area contributed by atoms with E-state index in [1.54, 1.807) is 0 Å². The summed E-state index contributed by atoms with van der Waals surface area (Å²) in [5.74, 6) is 0.568. The molecule has 5 heteroatoms. The lowest BCUT2D eigenvalue weighted by Gasteiger charge is -2.26. The van der Waals surface area contributed by atoms with Crippen molar-refractivity contribution in [3.05, 3.63) is 35.9 Å². The van der Waals surface area contributed by atoms with Crippen molar-refractivity contribution < 1.29 is 0 Å². The first kappa shape index (κ1) is 10.0. The molecule has 0 bridgehead atoms. The minimum absolute atomic E-state index is 0.568. The van der Waals surface area contributed by atoms with E-state index in [9.17, 15) is 0 Å². The number of aliphatic imine (C=N–C) groups is 4. The number of rotatable bonds is 2. The lowest BCUT2D eigenvalue weighted by molar-refractivity contribution is 0.597. The lowest BCUT2D eigenvalue weighted by atomic mass is 9.95. The molecule has 2 aliphatic heterocycles. The van der Waals surface area contributed by atoms with Gasteiger partial charge in [0.25, 0.3) is 0 Å². The molecule has 0 radical (unpaired) electrons. The highest BCUT2D eigenvalue weighted by atomic mass is 15.2. The average Bonchev–Trinajstić information content (AvgIpc) is 2.80. The van der Waals surface area contributed by atoms with Crippen LogP contribution in [0.4, 0.5) is 0 Å². The molecular weight excluding hydrogens is 214 g/mol. The molecule has 1 unspecified atom stereocenters. The van der Waals surface area contributed by atoms with Crippen molar-refractivity contribution >= 4 is 24.2 Å². The van der Waals surface area contributed by atoms with Crippen LogP contribution in [0.3, 0.4) is 0 Å². The number of fused-ring (bicyclic) bond motifs is 1. The highest BCUT2D eigenvalue weighted by molar-refractivity contribution is 6.50. The molecule has 0 saturated carbocycles. The molecule has 0 saturated heterocycles. The van der Waals surface area contributed by atoms with Gasteiger partial charge in [0, 0.05) is 6.42 Å². The Labute approximate surface area is 98.5 Å². The molecule has 17 heavy (non-hydrogen) atoms. The lowest BCUT2D eigenvalue weighted by Crippen LogP contribution is -2.52. The van der Waals surface area contributed by atoms with E-state index in [-0.39, 0.29) is 0 Å². The number of benzene rings is 1. The molecule has 2 N–H and O–H groups in total. The molecule has 0 aliphatic carbocycles. The number of amidine groups is 1. The molecule has 0 spiro atoms. The third-order valence-corrected chi connectivity index (χ3v) is 2.77. The molecular formula is C12H11N5. The van der Waals surface area contributed by atoms with Gasteiger partial charge >= 0.3 is 0 Å². The van der Waals surface area contributed by atoms with E-state index in [0.29, 0.717) is 18.0 Å². The zero-order valence-electron chi connectivity index (χ0n) is 9.11. The van der Waals surface area contributed by atoms with Crippen LogP contribution in [0.15, 0.2) is 50.3 Å². The summed E-state index contributed by atoms with van der Waals surface area (Å²) in [5, 5.41) is 0. The average molecular weight is 225 g/mol. The number of hydrogen-bond donors (Lipinski definition) is 1. The third kappa shape index (κ3) is 1.70. The van der Waals surface area contributed by atoms with Gasteiger partial charge in [0.05, 0.1) is 0 Å². The maximum Gasteiger partial charge on any atom is 0.180 e. The van der Waals surface area contributed by atoms with Crippen LogP contribution in [0.1, 0.15) is 5.56 Å². The van der Waals surface area contributed by atoms with Crippen LogP contribution in [0.25, 0.3) is 0 Å². The van der Waals surface area contributed by atoms with E-state index >= 15 is 0 Å². The highest BCUT2D eigenvalue weighted by Gasteiger charge is 2.37. The van der Waals surface area contributed by atoms with E-state index in [1.807, 2.05) is 30.3 Å². The van der Waals surface area contributed by atoms with E-state index in [0.717, 1.165) is 5.56 Å². The van der Waals surface area contributed by atoms with Crippen molar-refractivity contribution in [3.63, 3.8) is 0 Å². The summed E-state index contributed by atoms with van der Waals surface area (Å²) in [6, 6.07) is 9.97. The molecule has 1 aromatic carbocycles. The minimum atomic E-state index is -0.852. The smallest absolute Gasteiger partial charge is 0.180 e. The Balaban J connectivity index is 1.93. The van der Waals surface area contributed by atoms with Gasteiger partial charge in [-0.25, -0.2) is 20.0 Å². The Hall–Kier alpha value is -2.14. The molecule has 84 valence electrons. The standard InChI is InChI=1S/C12H11N5/c13-12(6-9-4-2-1-3-5-9)10-11(15-7-14-10)16-8-17-12/h1-5,7-8H,6,13H2. The van der Waals surface area contributed by atoms with Crippen molar-refractivity contribution in [2.24, 2.45) is 25.7 Å². The van der Waals surface area contributed by atoms with Crippen LogP contribution in [0.5, 0.6) is 0 Å². The molecule has 0 amide bonds. The van der Waals surface area contributed by atoms with Crippen LogP contribution in [0.2, 0.25) is 0 Å². The Morgan fingerprint density at radius 3 is 2.71 bits per heavy atom. The predicted molar refractivity (Wildman–Crippen MR) is 68.9 cm³/mol. The maximum atomic E-state index is 6.29. The summed E-state index contributed by atoms with van der Waals surface area (Å²) in [6.07, 6.45) is 3.51. The van der Waals surface area contributed by atoms with Crippen LogP contribution < -0.4 is 5.73 Å². The molecule has 5 nitrogen and oxygen atoms in total. The summed E-state index contributed by atoms with van der Waals surface area (Å²) >= 11 is 0. The Bertz CT molecular complexity index is 556. The normalized spacial score (nSPS) is 25.5. The van der Waals surface area contributed by atoms with Crippen molar-refractivity contribution in [2.45, 2.75) is 12.1 Å². The van der Waals surface area contributed by atoms with E-state index in [4.69, 9.17) is 5.73 Å². The van der Waals surface area contributed by atoms with Gasteiger partial charge in [0.2, 0.25) is 0 Å². The van der Waals surface area contributed by atoms with Gasteiger partial charge in [-0.05, 0) is 5.56 Å². The molecule has 3 rings (SSSR count). The number of hydrogen-bond acceptors (Lipinski definition) is 5. The van der Waals surface area contributed by atoms with Crippen molar-refractivity contribution in [1.29, 1.82) is 0 Å². The van der Waals surface area contributed by atoms with Gasteiger partial charge in [-0.3, -0.25) is 0 Å². The van der Waals surface area contributed by atoms with E-state index in [1.165, 1.54) is 12.7 Å². The first-order valence-electron chi connectivity index (χ1n) is 5.33. The molecule has 1 atom stereocenters. The quantitative estimate of drug-likeness (QED) is 0.794. The molecule has 0 fully saturated rings. The van der Waals surface area contributed by atoms with E-state index in [2.05, 4.69) is 20.0 Å². The highest BCUT2D eigenvalue weighted by Crippen LogP contribution is 2.20. The predicted octanol–water partition coefficient (Wildman–Crippen LogP) is 0.807. The SMILES string of the molecule is NC1(Cc2ccccc2)N=CN=C2N=CN=C21. The summed E-state index contributed by atoms with van der Waals surface area (Å²) in [6.45, 7) is 0. The van der Waals surface area contributed by atoms with Crippen LogP contribution in [0, 0.1) is 0 Å². The van der Waals surface area contributed by atoms with Gasteiger partial charge in [-0.15, -0.1) is 0 Å². The van der Waals surface area contributed by atoms with Crippen LogP contribution >= 0.6 is 0 Å². The number of nitrogens with two attached hydrogens (primary N) is 1. The molecule has 1 aromatic rings. The fraction of sp³-hybridized carbons (Fsp3) is 0.167. The second-order valence-corrected chi connectivity index (χ2v) is 4.01. The summed E-state index contributed by atoms with van der Waals surface area (Å²) in [5.41, 5.74) is 7.19. The second kappa shape index (κ2) is 3.71. The summed E-state index contributed by atoms with van der Waals surface area (Å²) < 4.78 is 0.